The number of hydrogen-bond donors (Lipinski definition) is 3. The first-order valence-corrected chi connectivity index (χ1v) is 38.7. The van der Waals surface area contributed by atoms with Crippen LogP contribution in [0.5, 0.6) is 0 Å². The summed E-state index contributed by atoms with van der Waals surface area (Å²) >= 11 is 0. The molecule has 3 N–H and O–H groups in total. The minimum atomic E-state index is -1.14. The molecule has 19 nitrogen and oxygen atoms in total. The van der Waals surface area contributed by atoms with Gasteiger partial charge in [-0.05, 0) is 207 Å². The third-order valence-electron chi connectivity index (χ3n) is 25.7. The van der Waals surface area contributed by atoms with Crippen LogP contribution in [0.1, 0.15) is 272 Å². The summed E-state index contributed by atoms with van der Waals surface area (Å²) < 4.78 is 41.4. The molecule has 0 aromatic carbocycles. The van der Waals surface area contributed by atoms with E-state index in [0.29, 0.717) is 72.5 Å². The smallest absolute Gasteiger partial charge is 0.317 e. The highest BCUT2D eigenvalue weighted by atomic mass is 16.7. The van der Waals surface area contributed by atoms with Crippen molar-refractivity contribution in [1.82, 2.24) is 0 Å². The van der Waals surface area contributed by atoms with E-state index in [4.69, 9.17) is 37.9 Å². The molecule has 0 bridgehead atoms. The standard InChI is InChI=1S/C11H18O2.3C10H16O3.4C10H14O2/c1-7-4-5-9-8(2)10(12)13-11(9,3)6-7;3*1-6-3-4-8-7(2)9(11)13-10(8,12)5-6;4*1-6-3-4-8-7(2)10(11)12-9(8)5-6/h7-9H,4-6H2,1-3H3;3*6-8,12H,3-5H2,1-2H3;4*6-7H,3-5H2,1-2H3/t7-,8-,9?,11?;2*6-,7+,8?,10?;6-,7-,8?,10?;3*6-,7+;6-,7-/m11111001/s1. The van der Waals surface area contributed by atoms with Crippen molar-refractivity contribution < 1.29 is 91.6 Å². The summed E-state index contributed by atoms with van der Waals surface area (Å²) in [6, 6.07) is 0. The zero-order valence-electron chi connectivity index (χ0n) is 63.4. The second-order valence-corrected chi connectivity index (χ2v) is 34.4. The van der Waals surface area contributed by atoms with Crippen LogP contribution in [0.2, 0.25) is 0 Å². The lowest BCUT2D eigenvalue weighted by Crippen LogP contribution is -2.41. The van der Waals surface area contributed by atoms with Crippen LogP contribution in [-0.2, 0) is 76.3 Å². The van der Waals surface area contributed by atoms with E-state index in [1.54, 1.807) is 0 Å². The molecule has 0 aromatic rings. The molecule has 8 heterocycles. The monoisotopic (exact) mass is 1400 g/mol. The predicted molar refractivity (Wildman–Crippen MR) is 371 cm³/mol. The maximum Gasteiger partial charge on any atom is 0.317 e. The van der Waals surface area contributed by atoms with Gasteiger partial charge in [0.15, 0.2) is 0 Å². The van der Waals surface area contributed by atoms with Gasteiger partial charge in [-0.1, -0.05) is 89.5 Å². The van der Waals surface area contributed by atoms with Gasteiger partial charge >= 0.3 is 47.8 Å². The fourth-order valence-corrected chi connectivity index (χ4v) is 19.0. The van der Waals surface area contributed by atoms with Crippen LogP contribution in [0.3, 0.4) is 0 Å². The van der Waals surface area contributed by atoms with E-state index < -0.39 is 17.4 Å². The topological polar surface area (TPSA) is 271 Å². The van der Waals surface area contributed by atoms with E-state index in [2.05, 4.69) is 62.3 Å². The van der Waals surface area contributed by atoms with E-state index in [-0.39, 0.29) is 118 Å². The van der Waals surface area contributed by atoms with Crippen LogP contribution in [0.15, 0.2) is 45.3 Å². The first-order valence-electron chi connectivity index (χ1n) is 38.7. The fourth-order valence-electron chi connectivity index (χ4n) is 19.0. The van der Waals surface area contributed by atoms with Gasteiger partial charge in [-0.3, -0.25) is 38.4 Å². The van der Waals surface area contributed by atoms with Gasteiger partial charge in [0, 0.05) is 68.6 Å². The van der Waals surface area contributed by atoms with E-state index in [9.17, 15) is 53.7 Å². The molecule has 0 spiro atoms. The lowest BCUT2D eigenvalue weighted by Gasteiger charge is -2.37. The molecular formula is C81H122O19. The maximum absolute atomic E-state index is 11.4. The predicted octanol–water partition coefficient (Wildman–Crippen LogP) is 15.3. The lowest BCUT2D eigenvalue weighted by molar-refractivity contribution is -0.219. The number of rotatable bonds is 0. The molecule has 16 rings (SSSR count). The van der Waals surface area contributed by atoms with Crippen molar-refractivity contribution in [2.24, 2.45) is 118 Å². The van der Waals surface area contributed by atoms with Crippen LogP contribution >= 0.6 is 0 Å². The van der Waals surface area contributed by atoms with E-state index in [0.717, 1.165) is 126 Å². The summed E-state index contributed by atoms with van der Waals surface area (Å²) in [5.41, 5.74) is 4.90. The average molecular weight is 1400 g/mol. The number of esters is 8. The number of hydrogen-bond acceptors (Lipinski definition) is 19. The lowest BCUT2D eigenvalue weighted by atomic mass is 9.69. The SMILES string of the molecule is C[C@@H]1CCC2=C(C1)OC(=O)[C@@H]2C.C[C@@H]1CCC2=C(C1)OC(=O)[C@H]2C.C[C@@H]1CCC2[C@@H](C)C(=O)OC2(C)C1.C[C@@H]1CCC2[C@@H](C)C(=O)OC2(O)C1.C[C@@H]1CCC2[C@H](C)C(=O)OC2(O)C1.C[C@@H]1CCC2[C@H](C)C(=O)OC2(O)C1.C[C@H]1CCC2=C(C1)OC(=O)[C@@H]2C.C[C@H]1CCC2=C(C1)OC(=O)[C@@H]2C. The Morgan fingerprint density at radius 3 is 0.750 bits per heavy atom. The van der Waals surface area contributed by atoms with Gasteiger partial charge in [0.25, 0.3) is 0 Å². The molecule has 560 valence electrons. The summed E-state index contributed by atoms with van der Waals surface area (Å²) in [4.78, 5) is 90.0. The number of aliphatic hydroxyl groups is 3. The van der Waals surface area contributed by atoms with Crippen LogP contribution in [0, 0.1) is 118 Å². The first kappa shape index (κ1) is 78.7. The van der Waals surface area contributed by atoms with Gasteiger partial charge in [-0.25, -0.2) is 0 Å². The number of allylic oxidation sites excluding steroid dienone is 4. The molecule has 100 heavy (non-hydrogen) atoms. The maximum atomic E-state index is 11.4. The van der Waals surface area contributed by atoms with Crippen molar-refractivity contribution >= 4 is 47.8 Å². The summed E-state index contributed by atoms with van der Waals surface area (Å²) in [5.74, 6) is 4.83. The van der Waals surface area contributed by atoms with Crippen molar-refractivity contribution in [1.29, 1.82) is 0 Å². The molecule has 0 amide bonds. The zero-order chi connectivity index (χ0) is 73.4. The fraction of sp³-hybridized carbons (Fsp3) is 0.802. The third-order valence-corrected chi connectivity index (χ3v) is 25.7. The molecule has 4 saturated heterocycles. The number of fused-ring (bicyclic) bond motifs is 4. The Morgan fingerprint density at radius 2 is 0.490 bits per heavy atom. The Morgan fingerprint density at radius 1 is 0.270 bits per heavy atom. The Bertz CT molecular complexity index is 2790. The number of carbonyl (C=O) groups excluding carboxylic acids is 8. The van der Waals surface area contributed by atoms with Crippen molar-refractivity contribution in [2.45, 2.75) is 295 Å². The van der Waals surface area contributed by atoms with E-state index in [1.165, 1.54) is 54.4 Å². The molecule has 8 aliphatic carbocycles. The van der Waals surface area contributed by atoms with Gasteiger partial charge in [0.05, 0.1) is 47.3 Å². The Hall–Kier alpha value is -5.40. The molecule has 19 heteroatoms. The normalized spacial score (nSPS) is 42.8. The second-order valence-electron chi connectivity index (χ2n) is 34.4. The summed E-state index contributed by atoms with van der Waals surface area (Å²) in [6.45, 7) is 34.8. The van der Waals surface area contributed by atoms with Crippen LogP contribution in [0.4, 0.5) is 0 Å². The summed E-state index contributed by atoms with van der Waals surface area (Å²) in [5, 5.41) is 30.2. The van der Waals surface area contributed by atoms with Crippen molar-refractivity contribution in [2.75, 3.05) is 0 Å². The molecule has 8 unspecified atom stereocenters. The van der Waals surface area contributed by atoms with Crippen LogP contribution in [0.25, 0.3) is 0 Å². The second kappa shape index (κ2) is 31.9. The third kappa shape index (κ3) is 17.5. The highest BCUT2D eigenvalue weighted by molar-refractivity contribution is 5.82. The summed E-state index contributed by atoms with van der Waals surface area (Å²) in [6.07, 6.45) is 24.2. The van der Waals surface area contributed by atoms with Gasteiger partial charge < -0.3 is 53.2 Å². The van der Waals surface area contributed by atoms with Crippen molar-refractivity contribution in [3.05, 3.63) is 45.3 Å². The molecule has 24 atom stereocenters. The van der Waals surface area contributed by atoms with Crippen LogP contribution in [-0.4, -0.2) is 86.0 Å². The molecule has 8 fully saturated rings. The highest BCUT2D eigenvalue weighted by Crippen LogP contribution is 2.52. The molecule has 8 aliphatic heterocycles. The van der Waals surface area contributed by atoms with Gasteiger partial charge in [-0.2, -0.15) is 0 Å². The Kier molecular flexibility index (Phi) is 25.1. The highest BCUT2D eigenvalue weighted by Gasteiger charge is 2.58. The Balaban J connectivity index is 0.000000133. The minimum Gasteiger partial charge on any atom is -0.459 e. The summed E-state index contributed by atoms with van der Waals surface area (Å²) in [7, 11) is 0. The molecule has 0 radical (unpaired) electrons. The van der Waals surface area contributed by atoms with Gasteiger partial charge in [0.1, 0.15) is 28.6 Å². The molecule has 4 saturated carbocycles. The molecular weight excluding hydrogens is 1280 g/mol. The van der Waals surface area contributed by atoms with E-state index in [1.807, 2.05) is 55.4 Å². The van der Waals surface area contributed by atoms with Gasteiger partial charge in [0.2, 0.25) is 17.4 Å². The molecule has 16 aliphatic rings. The number of carbonyl (C=O) groups is 8. The molecule has 0 aromatic heterocycles. The number of ether oxygens (including phenoxy) is 8. The largest absolute Gasteiger partial charge is 0.459 e. The first-order chi connectivity index (χ1) is 46.8. The Labute approximate surface area is 595 Å². The quantitative estimate of drug-likeness (QED) is 0.150. The zero-order valence-corrected chi connectivity index (χ0v) is 63.4. The van der Waals surface area contributed by atoms with Crippen LogP contribution < -0.4 is 0 Å². The van der Waals surface area contributed by atoms with Crippen molar-refractivity contribution in [3.63, 3.8) is 0 Å². The van der Waals surface area contributed by atoms with E-state index >= 15 is 0 Å². The minimum absolute atomic E-state index is 0.0154. The van der Waals surface area contributed by atoms with Gasteiger partial charge in [-0.15, -0.1) is 0 Å². The van der Waals surface area contributed by atoms with Crippen molar-refractivity contribution in [3.8, 4) is 0 Å². The average Bonchev–Trinajstić information content (AvgIpc) is 1.62.